The summed E-state index contributed by atoms with van der Waals surface area (Å²) in [4.78, 5) is 37.1. The summed E-state index contributed by atoms with van der Waals surface area (Å²) in [5, 5.41) is 16.3. The number of nitrogens with one attached hydrogen (secondary N) is 1. The molecule has 0 radical (unpaired) electrons. The zero-order valence-corrected chi connectivity index (χ0v) is 23.6. The molecule has 224 valence electrons. The van der Waals surface area contributed by atoms with E-state index in [2.05, 4.69) is 17.3 Å². The van der Waals surface area contributed by atoms with Gasteiger partial charge < -0.3 is 15.2 Å². The van der Waals surface area contributed by atoms with E-state index in [0.717, 1.165) is 46.9 Å². The molecule has 2 aromatic rings. The van der Waals surface area contributed by atoms with E-state index in [1.54, 1.807) is 18.2 Å². The number of anilines is 1. The first-order chi connectivity index (χ1) is 18.8. The fourth-order valence-corrected chi connectivity index (χ4v) is 4.08. The number of carbonyl (C=O) groups is 1. The van der Waals surface area contributed by atoms with Gasteiger partial charge in [0, 0.05) is 26.1 Å². The van der Waals surface area contributed by atoms with Gasteiger partial charge in [0.05, 0.1) is 0 Å². The number of alkyl halides is 3. The number of aliphatic carboxylic acids is 1. The number of aryl methyl sites for hydroxylation is 2. The van der Waals surface area contributed by atoms with Crippen LogP contribution in [0.1, 0.15) is 84.1 Å². The Morgan fingerprint density at radius 3 is 2.42 bits per heavy atom. The Bertz CT molecular complexity index is 1210. The highest BCUT2D eigenvalue weighted by atomic mass is 19.4. The van der Waals surface area contributed by atoms with Crippen molar-refractivity contribution >= 4 is 11.8 Å². The maximum absolute atomic E-state index is 13.0. The quantitative estimate of drug-likeness (QED) is 0.231. The molecule has 0 atom stereocenters. The van der Waals surface area contributed by atoms with E-state index >= 15 is 0 Å². The maximum Gasteiger partial charge on any atom is 0.389 e. The number of nitrogens with zero attached hydrogens (tertiary/aromatic N) is 3. The van der Waals surface area contributed by atoms with Crippen LogP contribution in [0.5, 0.6) is 5.75 Å². The molecular formula is C28H41F3N4O5. The van der Waals surface area contributed by atoms with E-state index < -0.39 is 35.4 Å². The standard InChI is InChI=1S/C28H41F3N4O5/c1-4-5-6-7-10-18-34-24(36)23(33-35(26(34)39)19-12-16-28(29,30)31)32-17-9-8-13-21-14-11-15-22(20-21)40-27(2,3)25(37)38/h11,14-15,20H,4-10,12-13,16-19H2,1-3H3,(H,32,33)(H,37,38). The average Bonchev–Trinajstić information content (AvgIpc) is 2.87. The predicted molar refractivity (Wildman–Crippen MR) is 147 cm³/mol. The Morgan fingerprint density at radius 1 is 1.02 bits per heavy atom. The molecule has 0 amide bonds. The van der Waals surface area contributed by atoms with Gasteiger partial charge in [0.15, 0.2) is 5.60 Å². The molecule has 0 unspecified atom stereocenters. The summed E-state index contributed by atoms with van der Waals surface area (Å²) in [6, 6.07) is 7.18. The van der Waals surface area contributed by atoms with Crippen LogP contribution < -0.4 is 21.3 Å². The van der Waals surface area contributed by atoms with E-state index in [9.17, 15) is 32.7 Å². The molecule has 0 saturated carbocycles. The summed E-state index contributed by atoms with van der Waals surface area (Å²) in [7, 11) is 0. The smallest absolute Gasteiger partial charge is 0.389 e. The number of carboxylic acid groups (broad SMARTS) is 1. The van der Waals surface area contributed by atoms with Crippen LogP contribution in [0, 0.1) is 0 Å². The van der Waals surface area contributed by atoms with Crippen molar-refractivity contribution in [2.45, 2.75) is 110 Å². The molecule has 0 bridgehead atoms. The number of rotatable bonds is 18. The summed E-state index contributed by atoms with van der Waals surface area (Å²) in [5.41, 5.74) is -1.67. The lowest BCUT2D eigenvalue weighted by Crippen LogP contribution is -2.43. The zero-order valence-electron chi connectivity index (χ0n) is 23.6. The third kappa shape index (κ3) is 11.1. The minimum atomic E-state index is -4.34. The lowest BCUT2D eigenvalue weighted by Gasteiger charge is -2.21. The monoisotopic (exact) mass is 570 g/mol. The van der Waals surface area contributed by atoms with Crippen LogP contribution in [-0.2, 0) is 24.3 Å². The lowest BCUT2D eigenvalue weighted by molar-refractivity contribution is -0.152. The van der Waals surface area contributed by atoms with Gasteiger partial charge in [-0.25, -0.2) is 14.3 Å². The van der Waals surface area contributed by atoms with Crippen LogP contribution in [-0.4, -0.2) is 43.7 Å². The van der Waals surface area contributed by atoms with Crippen LogP contribution in [0.4, 0.5) is 19.0 Å². The van der Waals surface area contributed by atoms with E-state index in [4.69, 9.17) is 4.74 Å². The Hall–Kier alpha value is -3.31. The SMILES string of the molecule is CCCCCCCn1c(=O)c(NCCCCc2cccc(OC(C)(C)C(=O)O)c2)nn(CCCC(F)(F)F)c1=O. The number of ether oxygens (including phenoxy) is 1. The molecule has 40 heavy (non-hydrogen) atoms. The fourth-order valence-electron chi connectivity index (χ4n) is 4.08. The number of hydrogen-bond donors (Lipinski definition) is 2. The summed E-state index contributed by atoms with van der Waals surface area (Å²) >= 11 is 0. The van der Waals surface area contributed by atoms with Crippen molar-refractivity contribution in [3.63, 3.8) is 0 Å². The molecule has 12 heteroatoms. The normalized spacial score (nSPS) is 11.9. The van der Waals surface area contributed by atoms with Gasteiger partial charge in [-0.1, -0.05) is 44.7 Å². The van der Waals surface area contributed by atoms with Crippen LogP contribution in [0.2, 0.25) is 0 Å². The van der Waals surface area contributed by atoms with Crippen LogP contribution in [0.3, 0.4) is 0 Å². The molecule has 9 nitrogen and oxygen atoms in total. The summed E-state index contributed by atoms with van der Waals surface area (Å²) in [6.07, 6.45) is 0.924. The predicted octanol–water partition coefficient (Wildman–Crippen LogP) is 5.39. The molecule has 0 aliphatic carbocycles. The van der Waals surface area contributed by atoms with Crippen LogP contribution >= 0.6 is 0 Å². The molecule has 1 aromatic carbocycles. The second-order valence-corrected chi connectivity index (χ2v) is 10.4. The molecule has 2 rings (SSSR count). The molecular weight excluding hydrogens is 529 g/mol. The minimum Gasteiger partial charge on any atom is -0.478 e. The van der Waals surface area contributed by atoms with Gasteiger partial charge in [-0.2, -0.15) is 13.2 Å². The number of unbranched alkanes of at least 4 members (excludes halogenated alkanes) is 5. The first-order valence-electron chi connectivity index (χ1n) is 13.9. The molecule has 1 heterocycles. The summed E-state index contributed by atoms with van der Waals surface area (Å²) in [6.45, 7) is 5.36. The van der Waals surface area contributed by atoms with Crippen LogP contribution in [0.25, 0.3) is 0 Å². The highest BCUT2D eigenvalue weighted by Gasteiger charge is 2.29. The fraction of sp³-hybridized carbons (Fsp3) is 0.643. The molecule has 0 spiro atoms. The van der Waals surface area contributed by atoms with E-state index in [1.165, 1.54) is 13.8 Å². The first-order valence-corrected chi connectivity index (χ1v) is 13.9. The van der Waals surface area contributed by atoms with Crippen molar-refractivity contribution in [2.24, 2.45) is 0 Å². The second-order valence-electron chi connectivity index (χ2n) is 10.4. The average molecular weight is 571 g/mol. The number of carboxylic acids is 1. The molecule has 1 aromatic heterocycles. The van der Waals surface area contributed by atoms with Crippen molar-refractivity contribution < 1.29 is 27.8 Å². The van der Waals surface area contributed by atoms with Gasteiger partial charge in [0.25, 0.3) is 5.56 Å². The zero-order chi connectivity index (χ0) is 29.8. The largest absolute Gasteiger partial charge is 0.478 e. The third-order valence-corrected chi connectivity index (χ3v) is 6.41. The van der Waals surface area contributed by atoms with Gasteiger partial charge in [-0.3, -0.25) is 9.36 Å². The van der Waals surface area contributed by atoms with Crippen molar-refractivity contribution in [2.75, 3.05) is 11.9 Å². The van der Waals surface area contributed by atoms with Crippen molar-refractivity contribution in [1.29, 1.82) is 0 Å². The molecule has 0 aliphatic rings. The molecule has 0 saturated heterocycles. The highest BCUT2D eigenvalue weighted by molar-refractivity contribution is 5.76. The van der Waals surface area contributed by atoms with Gasteiger partial charge in [-0.15, -0.1) is 5.10 Å². The second kappa shape index (κ2) is 15.5. The van der Waals surface area contributed by atoms with E-state index in [0.29, 0.717) is 31.6 Å². The minimum absolute atomic E-state index is 0.0496. The summed E-state index contributed by atoms with van der Waals surface area (Å²) < 4.78 is 45.5. The third-order valence-electron chi connectivity index (χ3n) is 6.41. The topological polar surface area (TPSA) is 115 Å². The maximum atomic E-state index is 13.0. The van der Waals surface area contributed by atoms with E-state index in [-0.39, 0.29) is 25.3 Å². The van der Waals surface area contributed by atoms with Crippen molar-refractivity contribution in [1.82, 2.24) is 14.3 Å². The molecule has 0 fully saturated rings. The van der Waals surface area contributed by atoms with Crippen molar-refractivity contribution in [3.8, 4) is 5.75 Å². The number of aromatic nitrogens is 3. The Labute approximate surface area is 232 Å². The number of benzene rings is 1. The summed E-state index contributed by atoms with van der Waals surface area (Å²) in [5.74, 6) is -0.665. The van der Waals surface area contributed by atoms with Gasteiger partial charge in [0.2, 0.25) is 5.82 Å². The Kier molecular flexibility index (Phi) is 12.7. The van der Waals surface area contributed by atoms with Crippen LogP contribution in [0.15, 0.2) is 33.9 Å². The van der Waals surface area contributed by atoms with Gasteiger partial charge in [0.1, 0.15) is 5.75 Å². The first kappa shape index (κ1) is 32.9. The van der Waals surface area contributed by atoms with Crippen molar-refractivity contribution in [3.05, 3.63) is 50.7 Å². The van der Waals surface area contributed by atoms with Gasteiger partial charge >= 0.3 is 17.8 Å². The highest BCUT2D eigenvalue weighted by Crippen LogP contribution is 2.22. The number of halogens is 3. The van der Waals surface area contributed by atoms with Gasteiger partial charge in [-0.05, 0) is 63.6 Å². The molecule has 2 N–H and O–H groups in total. The Morgan fingerprint density at radius 2 is 1.75 bits per heavy atom. The lowest BCUT2D eigenvalue weighted by atomic mass is 10.1. The molecule has 0 aliphatic heterocycles. The number of hydrogen-bond acceptors (Lipinski definition) is 6. The van der Waals surface area contributed by atoms with E-state index in [1.807, 2.05) is 6.07 Å². The Balaban J connectivity index is 2.02.